The van der Waals surface area contributed by atoms with Crippen LogP contribution in [0, 0.1) is 0 Å². The first-order valence-electron chi connectivity index (χ1n) is 2.35. The minimum Gasteiger partial charge on any atom is -0.324 e. The summed E-state index contributed by atoms with van der Waals surface area (Å²) in [5, 5.41) is 0. The SMILES string of the molecule is NCC(=O)c1cnsn1. The number of hydrogen-bond donors (Lipinski definition) is 1. The van der Waals surface area contributed by atoms with E-state index in [1.807, 2.05) is 0 Å². The van der Waals surface area contributed by atoms with Crippen LogP contribution in [0.25, 0.3) is 0 Å². The predicted molar refractivity (Wildman–Crippen MR) is 33.3 cm³/mol. The fourth-order valence-corrected chi connectivity index (χ4v) is 0.823. The first-order valence-corrected chi connectivity index (χ1v) is 3.08. The van der Waals surface area contributed by atoms with Gasteiger partial charge in [-0.05, 0) is 0 Å². The van der Waals surface area contributed by atoms with Crippen molar-refractivity contribution in [3.8, 4) is 0 Å². The minimum atomic E-state index is -0.163. The van der Waals surface area contributed by atoms with Gasteiger partial charge in [0, 0.05) is 0 Å². The fraction of sp³-hybridized carbons (Fsp3) is 0.250. The standard InChI is InChI=1S/C4H5N3OS/c5-1-4(8)3-2-6-9-7-3/h2H,1,5H2. The van der Waals surface area contributed by atoms with E-state index in [2.05, 4.69) is 8.75 Å². The van der Waals surface area contributed by atoms with Crippen molar-refractivity contribution in [2.75, 3.05) is 6.54 Å². The summed E-state index contributed by atoms with van der Waals surface area (Å²) in [6, 6.07) is 0. The highest BCUT2D eigenvalue weighted by Crippen LogP contribution is 1.94. The van der Waals surface area contributed by atoms with Crippen LogP contribution in [0.1, 0.15) is 10.5 Å². The predicted octanol–water partition coefficient (Wildman–Crippen LogP) is -0.321. The second-order valence-electron chi connectivity index (χ2n) is 1.42. The summed E-state index contributed by atoms with van der Waals surface area (Å²) in [4.78, 5) is 10.7. The number of aromatic nitrogens is 2. The van der Waals surface area contributed by atoms with Crippen LogP contribution in [0.3, 0.4) is 0 Å². The van der Waals surface area contributed by atoms with Crippen LogP contribution in [0.2, 0.25) is 0 Å². The molecule has 0 spiro atoms. The van der Waals surface area contributed by atoms with Gasteiger partial charge in [0.05, 0.1) is 24.5 Å². The van der Waals surface area contributed by atoms with Crippen molar-refractivity contribution in [3.63, 3.8) is 0 Å². The van der Waals surface area contributed by atoms with E-state index in [0.29, 0.717) is 5.69 Å². The molecule has 1 heterocycles. The number of rotatable bonds is 2. The maximum atomic E-state index is 10.7. The Labute approximate surface area is 56.0 Å². The number of Topliss-reactive ketones (excluding diaryl/α,β-unsaturated/α-hetero) is 1. The number of nitrogens with two attached hydrogens (primary N) is 1. The lowest BCUT2D eigenvalue weighted by Gasteiger charge is -1.84. The van der Waals surface area contributed by atoms with E-state index in [4.69, 9.17) is 5.73 Å². The second kappa shape index (κ2) is 2.65. The molecule has 0 bridgehead atoms. The molecule has 0 atom stereocenters. The largest absolute Gasteiger partial charge is 0.324 e. The Morgan fingerprint density at radius 2 is 2.67 bits per heavy atom. The number of nitrogens with zero attached hydrogens (tertiary/aromatic N) is 2. The van der Waals surface area contributed by atoms with Crippen LogP contribution >= 0.6 is 11.7 Å². The van der Waals surface area contributed by atoms with Crippen molar-refractivity contribution in [2.24, 2.45) is 5.73 Å². The van der Waals surface area contributed by atoms with E-state index in [0.717, 1.165) is 11.7 Å². The average Bonchev–Trinajstić information content (AvgIpc) is 2.37. The second-order valence-corrected chi connectivity index (χ2v) is 1.98. The van der Waals surface area contributed by atoms with Gasteiger partial charge in [-0.15, -0.1) is 0 Å². The molecule has 9 heavy (non-hydrogen) atoms. The number of ketones is 1. The summed E-state index contributed by atoms with van der Waals surface area (Å²) in [5.41, 5.74) is 5.41. The van der Waals surface area contributed by atoms with Gasteiger partial charge in [-0.1, -0.05) is 0 Å². The summed E-state index contributed by atoms with van der Waals surface area (Å²) in [5.74, 6) is -0.163. The number of carbonyl (C=O) groups is 1. The molecule has 0 aliphatic heterocycles. The molecule has 0 radical (unpaired) electrons. The molecule has 4 nitrogen and oxygen atoms in total. The van der Waals surface area contributed by atoms with Crippen LogP contribution in [-0.4, -0.2) is 21.1 Å². The Balaban J connectivity index is 2.77. The van der Waals surface area contributed by atoms with Gasteiger partial charge in [-0.2, -0.15) is 8.75 Å². The first kappa shape index (κ1) is 6.31. The molecule has 5 heteroatoms. The molecule has 48 valence electrons. The molecule has 0 fully saturated rings. The lowest BCUT2D eigenvalue weighted by atomic mass is 10.3. The summed E-state index contributed by atoms with van der Waals surface area (Å²) in [6.07, 6.45) is 1.42. The fourth-order valence-electron chi connectivity index (χ4n) is 0.392. The maximum absolute atomic E-state index is 10.7. The summed E-state index contributed by atoms with van der Waals surface area (Å²) in [6.45, 7) is 0.00537. The third-order valence-electron chi connectivity index (χ3n) is 0.832. The third kappa shape index (κ3) is 1.30. The number of hydrogen-bond acceptors (Lipinski definition) is 5. The third-order valence-corrected chi connectivity index (χ3v) is 1.31. The van der Waals surface area contributed by atoms with E-state index >= 15 is 0 Å². The molecule has 0 unspecified atom stereocenters. The molecule has 1 aromatic rings. The lowest BCUT2D eigenvalue weighted by Crippen LogP contribution is -2.13. The van der Waals surface area contributed by atoms with Gasteiger partial charge in [0.15, 0.2) is 5.78 Å². The van der Waals surface area contributed by atoms with Gasteiger partial charge in [-0.3, -0.25) is 4.79 Å². The van der Waals surface area contributed by atoms with Crippen molar-refractivity contribution in [3.05, 3.63) is 11.9 Å². The summed E-state index contributed by atoms with van der Waals surface area (Å²) >= 11 is 1.01. The highest BCUT2D eigenvalue weighted by Gasteiger charge is 2.04. The van der Waals surface area contributed by atoms with E-state index in [1.165, 1.54) is 6.20 Å². The molecular formula is C4H5N3OS. The highest BCUT2D eigenvalue weighted by atomic mass is 32.1. The van der Waals surface area contributed by atoms with Crippen LogP contribution in [0.15, 0.2) is 6.20 Å². The molecule has 1 aromatic heterocycles. The smallest absolute Gasteiger partial charge is 0.197 e. The molecule has 2 N–H and O–H groups in total. The van der Waals surface area contributed by atoms with E-state index in [-0.39, 0.29) is 12.3 Å². The van der Waals surface area contributed by atoms with Gasteiger partial charge in [-0.25, -0.2) is 0 Å². The summed E-state index contributed by atoms with van der Waals surface area (Å²) in [7, 11) is 0. The first-order chi connectivity index (χ1) is 4.34. The molecule has 0 aromatic carbocycles. The number of carbonyl (C=O) groups excluding carboxylic acids is 1. The van der Waals surface area contributed by atoms with Crippen LogP contribution in [-0.2, 0) is 0 Å². The van der Waals surface area contributed by atoms with Crippen molar-refractivity contribution in [1.82, 2.24) is 8.75 Å². The van der Waals surface area contributed by atoms with Gasteiger partial charge in [0.1, 0.15) is 5.69 Å². The van der Waals surface area contributed by atoms with Gasteiger partial charge >= 0.3 is 0 Å². The zero-order chi connectivity index (χ0) is 6.69. The lowest BCUT2D eigenvalue weighted by molar-refractivity contribution is 0.0997. The zero-order valence-corrected chi connectivity index (χ0v) is 5.39. The Morgan fingerprint density at radius 1 is 1.89 bits per heavy atom. The molecule has 1 rings (SSSR count). The minimum absolute atomic E-state index is 0.00537. The van der Waals surface area contributed by atoms with Gasteiger partial charge in [0.25, 0.3) is 0 Å². The normalized spacial score (nSPS) is 9.44. The Bertz CT molecular complexity index is 196. The van der Waals surface area contributed by atoms with Crippen molar-refractivity contribution < 1.29 is 4.79 Å². The molecule has 0 aliphatic carbocycles. The monoisotopic (exact) mass is 143 g/mol. The maximum Gasteiger partial charge on any atom is 0.197 e. The molecule has 0 amide bonds. The van der Waals surface area contributed by atoms with Gasteiger partial charge in [0.2, 0.25) is 0 Å². The zero-order valence-electron chi connectivity index (χ0n) is 4.57. The van der Waals surface area contributed by atoms with Crippen LogP contribution < -0.4 is 5.73 Å². The van der Waals surface area contributed by atoms with Crippen molar-refractivity contribution in [1.29, 1.82) is 0 Å². The van der Waals surface area contributed by atoms with Crippen LogP contribution in [0.5, 0.6) is 0 Å². The molecule has 0 aliphatic rings. The highest BCUT2D eigenvalue weighted by molar-refractivity contribution is 6.99. The molecule has 0 saturated heterocycles. The Morgan fingerprint density at radius 3 is 3.11 bits per heavy atom. The Hall–Kier alpha value is -0.810. The van der Waals surface area contributed by atoms with Crippen molar-refractivity contribution in [2.45, 2.75) is 0 Å². The summed E-state index contributed by atoms with van der Waals surface area (Å²) < 4.78 is 7.33. The van der Waals surface area contributed by atoms with E-state index in [9.17, 15) is 4.79 Å². The van der Waals surface area contributed by atoms with Gasteiger partial charge < -0.3 is 5.73 Å². The quantitative estimate of drug-likeness (QED) is 0.576. The van der Waals surface area contributed by atoms with Crippen molar-refractivity contribution >= 4 is 17.5 Å². The molecular weight excluding hydrogens is 138 g/mol. The topological polar surface area (TPSA) is 68.9 Å². The Kier molecular flexibility index (Phi) is 1.86. The molecule has 0 saturated carbocycles. The average molecular weight is 143 g/mol. The van der Waals surface area contributed by atoms with Crippen LogP contribution in [0.4, 0.5) is 0 Å². The van der Waals surface area contributed by atoms with E-state index < -0.39 is 0 Å². The van der Waals surface area contributed by atoms with E-state index in [1.54, 1.807) is 0 Å².